The van der Waals surface area contributed by atoms with E-state index >= 15 is 0 Å². The summed E-state index contributed by atoms with van der Waals surface area (Å²) in [5, 5.41) is 2.94. The van der Waals surface area contributed by atoms with Gasteiger partial charge in [-0.2, -0.15) is 0 Å². The molecule has 1 saturated heterocycles. The normalized spacial score (nSPS) is 24.1. The monoisotopic (exact) mass is 289 g/mol. The van der Waals surface area contributed by atoms with Crippen molar-refractivity contribution in [1.82, 2.24) is 9.62 Å². The summed E-state index contributed by atoms with van der Waals surface area (Å²) < 4.78 is 25.3. The Labute approximate surface area is 114 Å². The molecule has 1 aliphatic heterocycles. The summed E-state index contributed by atoms with van der Waals surface area (Å²) in [6.07, 6.45) is 3.48. The fourth-order valence-corrected chi connectivity index (χ4v) is 3.90. The van der Waals surface area contributed by atoms with Crippen LogP contribution in [0, 0.1) is 0 Å². The second kappa shape index (κ2) is 5.38. The average molecular weight is 289 g/mol. The van der Waals surface area contributed by atoms with Gasteiger partial charge in [-0.15, -0.1) is 0 Å². The van der Waals surface area contributed by atoms with Gasteiger partial charge in [-0.25, -0.2) is 12.7 Å². The third-order valence-corrected chi connectivity index (χ3v) is 5.96. The van der Waals surface area contributed by atoms with Crippen molar-refractivity contribution in [2.24, 2.45) is 5.73 Å². The summed E-state index contributed by atoms with van der Waals surface area (Å²) in [6, 6.07) is 0.0570. The lowest BCUT2D eigenvalue weighted by Crippen LogP contribution is -2.51. The lowest BCUT2D eigenvalue weighted by molar-refractivity contribution is -0.124. The molecule has 19 heavy (non-hydrogen) atoms. The molecule has 3 N–H and O–H groups in total. The molecule has 110 valence electrons. The molecule has 0 aromatic heterocycles. The standard InChI is InChI=1S/C12H23N3O3S/c1-2-9-19(17,18)15-7-3-10(4-8-15)14-11(16)12(13)5-6-12/h10H,2-9,13H2,1H3,(H,14,16). The van der Waals surface area contributed by atoms with Gasteiger partial charge in [0.05, 0.1) is 11.3 Å². The minimum absolute atomic E-state index is 0.0570. The van der Waals surface area contributed by atoms with Gasteiger partial charge in [0.15, 0.2) is 0 Å². The topological polar surface area (TPSA) is 92.5 Å². The first-order chi connectivity index (χ1) is 8.87. The molecular weight excluding hydrogens is 266 g/mol. The van der Waals surface area contributed by atoms with Crippen LogP contribution in [0.4, 0.5) is 0 Å². The second-order valence-electron chi connectivity index (χ2n) is 5.62. The molecular formula is C12H23N3O3S. The molecule has 0 aromatic rings. The molecule has 0 radical (unpaired) electrons. The van der Waals surface area contributed by atoms with Gasteiger partial charge in [-0.1, -0.05) is 6.92 Å². The quantitative estimate of drug-likeness (QED) is 0.733. The van der Waals surface area contributed by atoms with Crippen LogP contribution in [0.1, 0.15) is 39.0 Å². The van der Waals surface area contributed by atoms with Crippen molar-refractivity contribution >= 4 is 15.9 Å². The molecule has 0 bridgehead atoms. The van der Waals surface area contributed by atoms with Crippen LogP contribution in [0.2, 0.25) is 0 Å². The molecule has 2 aliphatic rings. The van der Waals surface area contributed by atoms with Crippen molar-refractivity contribution in [2.75, 3.05) is 18.8 Å². The Hall–Kier alpha value is -0.660. The van der Waals surface area contributed by atoms with Gasteiger partial charge in [0.1, 0.15) is 0 Å². The number of piperidine rings is 1. The number of nitrogens with one attached hydrogen (secondary N) is 1. The molecule has 1 saturated carbocycles. The summed E-state index contributed by atoms with van der Waals surface area (Å²) in [5.74, 6) is 0.123. The Morgan fingerprint density at radius 2 is 1.95 bits per heavy atom. The Morgan fingerprint density at radius 3 is 2.42 bits per heavy atom. The molecule has 0 spiro atoms. The number of rotatable bonds is 5. The SMILES string of the molecule is CCCS(=O)(=O)N1CCC(NC(=O)C2(N)CC2)CC1. The highest BCUT2D eigenvalue weighted by molar-refractivity contribution is 7.89. The van der Waals surface area contributed by atoms with Crippen LogP contribution in [0.15, 0.2) is 0 Å². The summed E-state index contributed by atoms with van der Waals surface area (Å²) in [7, 11) is -3.11. The van der Waals surface area contributed by atoms with Crippen LogP contribution in [0.3, 0.4) is 0 Å². The van der Waals surface area contributed by atoms with Gasteiger partial charge < -0.3 is 11.1 Å². The smallest absolute Gasteiger partial charge is 0.240 e. The zero-order chi connectivity index (χ0) is 14.1. The third-order valence-electron chi connectivity index (χ3n) is 3.89. The van der Waals surface area contributed by atoms with Crippen LogP contribution < -0.4 is 11.1 Å². The fourth-order valence-electron chi connectivity index (χ4n) is 2.36. The average Bonchev–Trinajstić information content (AvgIpc) is 3.09. The zero-order valence-electron chi connectivity index (χ0n) is 11.4. The van der Waals surface area contributed by atoms with Gasteiger partial charge in [0, 0.05) is 19.1 Å². The van der Waals surface area contributed by atoms with Crippen LogP contribution in [0.25, 0.3) is 0 Å². The Morgan fingerprint density at radius 1 is 1.37 bits per heavy atom. The van der Waals surface area contributed by atoms with Crippen LogP contribution >= 0.6 is 0 Å². The number of hydrogen-bond donors (Lipinski definition) is 2. The van der Waals surface area contributed by atoms with E-state index in [1.807, 2.05) is 6.92 Å². The maximum atomic E-state index is 11.9. The van der Waals surface area contributed by atoms with E-state index in [2.05, 4.69) is 5.32 Å². The zero-order valence-corrected chi connectivity index (χ0v) is 12.2. The van der Waals surface area contributed by atoms with Crippen molar-refractivity contribution in [1.29, 1.82) is 0 Å². The van der Waals surface area contributed by atoms with E-state index in [4.69, 9.17) is 5.73 Å². The van der Waals surface area contributed by atoms with Gasteiger partial charge in [-0.3, -0.25) is 4.79 Å². The Balaban J connectivity index is 1.81. The van der Waals surface area contributed by atoms with Crippen molar-refractivity contribution in [2.45, 2.75) is 50.6 Å². The van der Waals surface area contributed by atoms with E-state index in [1.54, 1.807) is 0 Å². The minimum Gasteiger partial charge on any atom is -0.352 e. The van der Waals surface area contributed by atoms with Gasteiger partial charge in [0.2, 0.25) is 15.9 Å². The first-order valence-electron chi connectivity index (χ1n) is 6.95. The number of sulfonamides is 1. The van der Waals surface area contributed by atoms with E-state index in [0.29, 0.717) is 32.4 Å². The fraction of sp³-hybridized carbons (Fsp3) is 0.917. The number of carbonyl (C=O) groups is 1. The summed E-state index contributed by atoms with van der Waals surface area (Å²) in [5.41, 5.74) is 5.18. The molecule has 1 heterocycles. The van der Waals surface area contributed by atoms with E-state index in [1.165, 1.54) is 4.31 Å². The molecule has 6 nitrogen and oxygen atoms in total. The third kappa shape index (κ3) is 3.46. The number of nitrogens with zero attached hydrogens (tertiary/aromatic N) is 1. The van der Waals surface area contributed by atoms with Crippen LogP contribution in [0.5, 0.6) is 0 Å². The predicted octanol–water partition coefficient (Wildman–Crippen LogP) is -0.202. The molecule has 7 heteroatoms. The van der Waals surface area contributed by atoms with E-state index in [0.717, 1.165) is 12.8 Å². The molecule has 1 amide bonds. The molecule has 2 fully saturated rings. The second-order valence-corrected chi connectivity index (χ2v) is 7.71. The number of hydrogen-bond acceptors (Lipinski definition) is 4. The molecule has 1 aliphatic carbocycles. The highest BCUT2D eigenvalue weighted by atomic mass is 32.2. The Bertz CT molecular complexity index is 437. The van der Waals surface area contributed by atoms with Crippen molar-refractivity contribution in [3.8, 4) is 0 Å². The highest BCUT2D eigenvalue weighted by Crippen LogP contribution is 2.32. The molecule has 0 unspecified atom stereocenters. The minimum atomic E-state index is -3.11. The predicted molar refractivity (Wildman–Crippen MR) is 73.0 cm³/mol. The number of amides is 1. The largest absolute Gasteiger partial charge is 0.352 e. The van der Waals surface area contributed by atoms with Crippen LogP contribution in [-0.4, -0.2) is 49.1 Å². The summed E-state index contributed by atoms with van der Waals surface area (Å²) in [4.78, 5) is 11.8. The first-order valence-corrected chi connectivity index (χ1v) is 8.56. The van der Waals surface area contributed by atoms with Crippen molar-refractivity contribution in [3.05, 3.63) is 0 Å². The van der Waals surface area contributed by atoms with Gasteiger partial charge >= 0.3 is 0 Å². The van der Waals surface area contributed by atoms with Gasteiger partial charge in [-0.05, 0) is 32.1 Å². The van der Waals surface area contributed by atoms with Crippen molar-refractivity contribution < 1.29 is 13.2 Å². The first kappa shape index (κ1) is 14.7. The van der Waals surface area contributed by atoms with E-state index in [9.17, 15) is 13.2 Å². The molecule has 2 rings (SSSR count). The van der Waals surface area contributed by atoms with E-state index < -0.39 is 15.6 Å². The Kier molecular flexibility index (Phi) is 4.17. The van der Waals surface area contributed by atoms with Crippen molar-refractivity contribution in [3.63, 3.8) is 0 Å². The lowest BCUT2D eigenvalue weighted by Gasteiger charge is -2.32. The van der Waals surface area contributed by atoms with Gasteiger partial charge in [0.25, 0.3) is 0 Å². The van der Waals surface area contributed by atoms with Crippen LogP contribution in [-0.2, 0) is 14.8 Å². The molecule has 0 atom stereocenters. The molecule has 0 aromatic carbocycles. The number of carbonyl (C=O) groups excluding carboxylic acids is 1. The highest BCUT2D eigenvalue weighted by Gasteiger charge is 2.46. The summed E-state index contributed by atoms with van der Waals surface area (Å²) >= 11 is 0. The summed E-state index contributed by atoms with van der Waals surface area (Å²) in [6.45, 7) is 2.84. The maximum absolute atomic E-state index is 11.9. The van der Waals surface area contributed by atoms with E-state index in [-0.39, 0.29) is 17.7 Å². The lowest BCUT2D eigenvalue weighted by atomic mass is 10.1. The maximum Gasteiger partial charge on any atom is 0.240 e. The number of nitrogens with two attached hydrogens (primary N) is 1.